The van der Waals surface area contributed by atoms with E-state index in [1.54, 1.807) is 0 Å². The van der Waals surface area contributed by atoms with Crippen LogP contribution in [-0.2, 0) is 0 Å². The number of alkyl halides is 3. The van der Waals surface area contributed by atoms with Gasteiger partial charge in [-0.2, -0.15) is 15.0 Å². The van der Waals surface area contributed by atoms with Crippen LogP contribution in [0.3, 0.4) is 0 Å². The van der Waals surface area contributed by atoms with Gasteiger partial charge in [-0.25, -0.2) is 0 Å². The molecule has 18 heteroatoms. The van der Waals surface area contributed by atoms with E-state index in [2.05, 4.69) is 30.3 Å². The summed E-state index contributed by atoms with van der Waals surface area (Å²) in [5, 5.41) is 26.1. The summed E-state index contributed by atoms with van der Waals surface area (Å²) in [6.45, 7) is 1.91. The molecular weight excluding hydrogens is 599 g/mol. The summed E-state index contributed by atoms with van der Waals surface area (Å²) in [6, 6.07) is 5.89. The number of aromatic hydroxyl groups is 2. The number of hydrogen-bond donors (Lipinski definition) is 8. The van der Waals surface area contributed by atoms with Crippen LogP contribution >= 0.6 is 0 Å². The number of rotatable bonds is 7. The topological polar surface area (TPSA) is 240 Å². The number of carbonyl (C=O) groups is 1. The third kappa shape index (κ3) is 8.09. The van der Waals surface area contributed by atoms with Gasteiger partial charge < -0.3 is 58.3 Å². The Bertz CT molecular complexity index is 1480. The van der Waals surface area contributed by atoms with E-state index in [0.717, 1.165) is 18.2 Å². The van der Waals surface area contributed by atoms with Gasteiger partial charge in [0.2, 0.25) is 17.8 Å². The zero-order valence-electron chi connectivity index (χ0n) is 23.9. The number of ether oxygens (including phenoxy) is 1. The van der Waals surface area contributed by atoms with E-state index in [1.807, 2.05) is 9.80 Å². The van der Waals surface area contributed by atoms with E-state index in [9.17, 15) is 28.2 Å². The van der Waals surface area contributed by atoms with Crippen LogP contribution in [0.15, 0.2) is 36.4 Å². The third-order valence-corrected chi connectivity index (χ3v) is 7.16. The molecule has 2 fully saturated rings. The summed E-state index contributed by atoms with van der Waals surface area (Å²) in [7, 11) is 0. The van der Waals surface area contributed by atoms with Gasteiger partial charge in [0.15, 0.2) is 0 Å². The van der Waals surface area contributed by atoms with Crippen molar-refractivity contribution in [2.45, 2.75) is 43.4 Å². The quantitative estimate of drug-likeness (QED) is 0.169. The van der Waals surface area contributed by atoms with E-state index in [-0.39, 0.29) is 35.8 Å². The van der Waals surface area contributed by atoms with Crippen LogP contribution in [0.1, 0.15) is 23.2 Å². The van der Waals surface area contributed by atoms with E-state index >= 15 is 0 Å². The molecule has 0 saturated carbocycles. The lowest BCUT2D eigenvalue weighted by molar-refractivity contribution is -0.274. The second kappa shape index (κ2) is 12.8. The predicted octanol–water partition coefficient (Wildman–Crippen LogP) is 0.907. The van der Waals surface area contributed by atoms with E-state index in [1.165, 1.54) is 18.2 Å². The number of nitrogens with zero attached hydrogens (tertiary/aromatic N) is 5. The Kier molecular flexibility index (Phi) is 9.01. The summed E-state index contributed by atoms with van der Waals surface area (Å²) in [5.41, 5.74) is 24.5. The molecular formula is C27H34F3N11O4. The Balaban J connectivity index is 1.37. The van der Waals surface area contributed by atoms with Crippen molar-refractivity contribution in [2.75, 3.05) is 46.6 Å². The summed E-state index contributed by atoms with van der Waals surface area (Å²) in [4.78, 5) is 30.3. The van der Waals surface area contributed by atoms with Gasteiger partial charge in [-0.1, -0.05) is 0 Å². The first-order valence-electron chi connectivity index (χ1n) is 14.0. The number of phenols is 2. The maximum Gasteiger partial charge on any atom is 0.573 e. The fraction of sp³-hybridized carbons (Fsp3) is 0.407. The number of anilines is 5. The monoisotopic (exact) mass is 633 g/mol. The number of piperidine rings is 2. The van der Waals surface area contributed by atoms with Gasteiger partial charge in [-0.15, -0.1) is 13.2 Å². The van der Waals surface area contributed by atoms with Crippen molar-refractivity contribution in [1.29, 1.82) is 0 Å². The number of carbonyl (C=O) groups excluding carboxylic acids is 1. The lowest BCUT2D eigenvalue weighted by Crippen LogP contribution is -2.54. The summed E-state index contributed by atoms with van der Waals surface area (Å²) in [5.74, 6) is -1.86. The standard InChI is InChI=1S/C27H34F3N11O4/c28-27(29,30)45-18-2-4-21(42)19(8-18)23(44)36-20-3-1-17(7-22(20)43)35-24-37-25(40-9-13(31)5-14(32)10-40)39-26(38-24)41-11-15(33)6-16(34)12-41/h1-4,7-8,13-16,42-43H,5-6,9-12,31-34H2,(H,36,44)(H,35,37,38,39)/t13-,14+,15-,16+. The first-order chi connectivity index (χ1) is 21.2. The van der Waals surface area contributed by atoms with Gasteiger partial charge >= 0.3 is 6.36 Å². The van der Waals surface area contributed by atoms with Gasteiger partial charge in [0.1, 0.15) is 17.2 Å². The number of nitrogens with one attached hydrogen (secondary N) is 2. The lowest BCUT2D eigenvalue weighted by Gasteiger charge is -2.37. The van der Waals surface area contributed by atoms with Crippen molar-refractivity contribution in [3.63, 3.8) is 0 Å². The molecule has 0 spiro atoms. The molecule has 2 aliphatic heterocycles. The van der Waals surface area contributed by atoms with E-state index in [0.29, 0.717) is 56.6 Å². The van der Waals surface area contributed by atoms with Crippen molar-refractivity contribution in [3.8, 4) is 17.2 Å². The van der Waals surface area contributed by atoms with Crippen LogP contribution in [0, 0.1) is 0 Å². The number of halogens is 3. The van der Waals surface area contributed by atoms with Crippen molar-refractivity contribution < 1.29 is 32.9 Å². The zero-order valence-corrected chi connectivity index (χ0v) is 23.9. The van der Waals surface area contributed by atoms with Gasteiger partial charge in [-0.3, -0.25) is 4.79 Å². The maximum atomic E-state index is 12.7. The molecule has 3 heterocycles. The Hall–Kier alpha value is -4.65. The van der Waals surface area contributed by atoms with Crippen molar-refractivity contribution >= 4 is 35.1 Å². The number of benzene rings is 2. The molecule has 242 valence electrons. The number of aromatic nitrogens is 3. The third-order valence-electron chi connectivity index (χ3n) is 7.16. The number of nitrogens with two attached hydrogens (primary N) is 4. The Morgan fingerprint density at radius 2 is 1.38 bits per heavy atom. The summed E-state index contributed by atoms with van der Waals surface area (Å²) in [6.07, 6.45) is -3.68. The highest BCUT2D eigenvalue weighted by atomic mass is 19.4. The molecule has 4 atom stereocenters. The SMILES string of the molecule is N[C@@H]1C[C@H](N)CN(c2nc(Nc3ccc(NC(=O)c4cc(OC(F)(F)F)ccc4O)c(O)c3)nc(N3C[C@H](N)C[C@H](N)C3)n2)C1. The summed E-state index contributed by atoms with van der Waals surface area (Å²) < 4.78 is 41.6. The van der Waals surface area contributed by atoms with Crippen LogP contribution in [0.5, 0.6) is 17.2 Å². The summed E-state index contributed by atoms with van der Waals surface area (Å²) >= 11 is 0. The molecule has 45 heavy (non-hydrogen) atoms. The smallest absolute Gasteiger partial charge is 0.507 e. The van der Waals surface area contributed by atoms with Crippen LogP contribution < -0.4 is 48.1 Å². The largest absolute Gasteiger partial charge is 0.573 e. The van der Waals surface area contributed by atoms with Crippen LogP contribution in [0.25, 0.3) is 0 Å². The van der Waals surface area contributed by atoms with Gasteiger partial charge in [0.05, 0.1) is 11.3 Å². The Labute approximate surface area is 255 Å². The van der Waals surface area contributed by atoms with Crippen LogP contribution in [0.4, 0.5) is 42.4 Å². The van der Waals surface area contributed by atoms with Gasteiger partial charge in [0, 0.05) is 62.1 Å². The number of hydrogen-bond acceptors (Lipinski definition) is 14. The maximum absolute atomic E-state index is 12.7. The molecule has 2 saturated heterocycles. The first kappa shape index (κ1) is 31.8. The van der Waals surface area contributed by atoms with Gasteiger partial charge in [-0.05, 0) is 43.2 Å². The van der Waals surface area contributed by atoms with Crippen molar-refractivity contribution in [1.82, 2.24) is 15.0 Å². The molecule has 2 aromatic carbocycles. The molecule has 5 rings (SSSR count). The minimum Gasteiger partial charge on any atom is -0.507 e. The first-order valence-corrected chi connectivity index (χ1v) is 14.0. The van der Waals surface area contributed by atoms with Crippen molar-refractivity contribution in [3.05, 3.63) is 42.0 Å². The highest BCUT2D eigenvalue weighted by Crippen LogP contribution is 2.32. The molecule has 1 aromatic heterocycles. The minimum absolute atomic E-state index is 0.0864. The van der Waals surface area contributed by atoms with Crippen LogP contribution in [-0.4, -0.2) is 87.8 Å². The highest BCUT2D eigenvalue weighted by molar-refractivity contribution is 6.07. The molecule has 2 aliphatic rings. The lowest BCUT2D eigenvalue weighted by atomic mass is 10.0. The minimum atomic E-state index is -4.99. The molecule has 0 aliphatic carbocycles. The molecule has 1 amide bonds. The molecule has 12 N–H and O–H groups in total. The average molecular weight is 634 g/mol. The normalized spacial score (nSPS) is 22.2. The fourth-order valence-electron chi connectivity index (χ4n) is 5.30. The molecule has 3 aromatic rings. The number of amides is 1. The molecule has 0 unspecified atom stereocenters. The zero-order chi connectivity index (χ0) is 32.5. The second-order valence-electron chi connectivity index (χ2n) is 11.1. The Morgan fingerprint density at radius 3 is 1.89 bits per heavy atom. The van der Waals surface area contributed by atoms with Gasteiger partial charge in [0.25, 0.3) is 5.91 Å². The Morgan fingerprint density at radius 1 is 0.822 bits per heavy atom. The van der Waals surface area contributed by atoms with E-state index in [4.69, 9.17) is 22.9 Å². The molecule has 0 bridgehead atoms. The number of phenolic OH excluding ortho intramolecular Hbond substituents is 2. The fourth-order valence-corrected chi connectivity index (χ4v) is 5.30. The second-order valence-corrected chi connectivity index (χ2v) is 11.1. The van der Waals surface area contributed by atoms with E-state index < -0.39 is 35.1 Å². The van der Waals surface area contributed by atoms with Crippen LogP contribution in [0.2, 0.25) is 0 Å². The average Bonchev–Trinajstić information content (AvgIpc) is 2.93. The molecule has 15 nitrogen and oxygen atoms in total. The predicted molar refractivity (Wildman–Crippen MR) is 160 cm³/mol. The van der Waals surface area contributed by atoms with Crippen molar-refractivity contribution in [2.24, 2.45) is 22.9 Å². The highest BCUT2D eigenvalue weighted by Gasteiger charge is 2.32. The molecule has 0 radical (unpaired) electrons.